The van der Waals surface area contributed by atoms with Crippen LogP contribution in [0.15, 0.2) is 59.4 Å². The number of nitrogens with zero attached hydrogens (tertiary/aromatic N) is 2. The van der Waals surface area contributed by atoms with E-state index in [2.05, 4.69) is 37.3 Å². The number of aliphatic hydroxyl groups is 1. The molecule has 0 aliphatic carbocycles. The molecule has 4 aromatic rings. The van der Waals surface area contributed by atoms with E-state index in [4.69, 9.17) is 4.98 Å². The second-order valence-corrected chi connectivity index (χ2v) is 8.51. The molecule has 0 spiro atoms. The fourth-order valence-corrected chi connectivity index (χ4v) is 4.77. The van der Waals surface area contributed by atoms with E-state index >= 15 is 0 Å². The quantitative estimate of drug-likeness (QED) is 0.423. The predicted molar refractivity (Wildman–Crippen MR) is 125 cm³/mol. The van der Waals surface area contributed by atoms with Gasteiger partial charge in [0.05, 0.1) is 29.6 Å². The van der Waals surface area contributed by atoms with Crippen LogP contribution in [0, 0.1) is 13.8 Å². The number of aryl methyl sites for hydroxylation is 1. The molecule has 0 fully saturated rings. The second kappa shape index (κ2) is 7.47. The highest BCUT2D eigenvalue weighted by Gasteiger charge is 2.29. The highest BCUT2D eigenvalue weighted by molar-refractivity contribution is 6.00. The minimum absolute atomic E-state index is 0.0418. The van der Waals surface area contributed by atoms with E-state index in [1.807, 2.05) is 42.7 Å². The minimum Gasteiger partial charge on any atom is -0.388 e. The summed E-state index contributed by atoms with van der Waals surface area (Å²) in [6.07, 6.45) is 0.857. The van der Waals surface area contributed by atoms with Crippen LogP contribution in [0.25, 0.3) is 33.4 Å². The molecule has 31 heavy (non-hydrogen) atoms. The molecule has 4 nitrogen and oxygen atoms in total. The topological polar surface area (TPSA) is 55.1 Å². The molecule has 0 saturated heterocycles. The molecule has 0 bridgehead atoms. The lowest BCUT2D eigenvalue weighted by atomic mass is 9.93. The summed E-state index contributed by atoms with van der Waals surface area (Å²) in [5.74, 6) is 0. The first kappa shape index (κ1) is 19.7. The number of aliphatic hydroxyl groups excluding tert-OH is 1. The molecule has 1 N–H and O–H groups in total. The van der Waals surface area contributed by atoms with Crippen LogP contribution in [-0.4, -0.2) is 14.7 Å². The Morgan fingerprint density at radius 3 is 2.61 bits per heavy atom. The van der Waals surface area contributed by atoms with Gasteiger partial charge in [-0.15, -0.1) is 0 Å². The number of hydrogen-bond acceptors (Lipinski definition) is 3. The van der Waals surface area contributed by atoms with Gasteiger partial charge in [-0.05, 0) is 55.2 Å². The molecule has 1 atom stereocenters. The fraction of sp³-hybridized carbons (Fsp3) is 0.259. The number of rotatable bonds is 4. The molecule has 2 aromatic heterocycles. The van der Waals surface area contributed by atoms with E-state index in [-0.39, 0.29) is 5.56 Å². The van der Waals surface area contributed by atoms with E-state index in [9.17, 15) is 9.90 Å². The molecule has 3 heterocycles. The molecule has 156 valence electrons. The smallest absolute Gasteiger partial charge is 0.254 e. The monoisotopic (exact) mass is 410 g/mol. The summed E-state index contributed by atoms with van der Waals surface area (Å²) in [6, 6.07) is 18.6. The van der Waals surface area contributed by atoms with Crippen LogP contribution < -0.4 is 5.56 Å². The van der Waals surface area contributed by atoms with Crippen molar-refractivity contribution in [2.75, 3.05) is 0 Å². The third kappa shape index (κ3) is 3.10. The zero-order chi connectivity index (χ0) is 21.7. The van der Waals surface area contributed by atoms with Crippen molar-refractivity contribution in [2.45, 2.75) is 46.3 Å². The van der Waals surface area contributed by atoms with Crippen LogP contribution in [0.3, 0.4) is 0 Å². The first-order chi connectivity index (χ1) is 15.0. The van der Waals surface area contributed by atoms with Gasteiger partial charge in [0, 0.05) is 16.5 Å². The Hall–Kier alpha value is -3.24. The average Bonchev–Trinajstić information content (AvgIpc) is 3.13. The van der Waals surface area contributed by atoms with Crippen molar-refractivity contribution in [3.63, 3.8) is 0 Å². The Morgan fingerprint density at radius 2 is 1.87 bits per heavy atom. The summed E-state index contributed by atoms with van der Waals surface area (Å²) in [7, 11) is 0. The van der Waals surface area contributed by atoms with Crippen molar-refractivity contribution in [1.82, 2.24) is 9.55 Å². The number of pyridine rings is 2. The van der Waals surface area contributed by atoms with Gasteiger partial charge in [-0.3, -0.25) is 4.79 Å². The van der Waals surface area contributed by atoms with Gasteiger partial charge in [0.1, 0.15) is 0 Å². The van der Waals surface area contributed by atoms with E-state index in [0.29, 0.717) is 18.5 Å². The van der Waals surface area contributed by atoms with Crippen molar-refractivity contribution < 1.29 is 5.11 Å². The molecular weight excluding hydrogens is 384 g/mol. The summed E-state index contributed by atoms with van der Waals surface area (Å²) in [4.78, 5) is 18.3. The highest BCUT2D eigenvalue weighted by Crippen LogP contribution is 2.41. The molecule has 0 saturated carbocycles. The summed E-state index contributed by atoms with van der Waals surface area (Å²) in [6.45, 7) is 6.44. The maximum absolute atomic E-state index is 13.3. The number of fused-ring (bicyclic) bond motifs is 4. The van der Waals surface area contributed by atoms with Gasteiger partial charge in [0.25, 0.3) is 5.56 Å². The first-order valence-electron chi connectivity index (χ1n) is 10.9. The maximum Gasteiger partial charge on any atom is 0.254 e. The summed E-state index contributed by atoms with van der Waals surface area (Å²) in [5, 5.41) is 11.8. The van der Waals surface area contributed by atoms with Crippen LogP contribution in [0.1, 0.15) is 48.1 Å². The van der Waals surface area contributed by atoms with E-state index in [1.54, 1.807) is 0 Å². The van der Waals surface area contributed by atoms with E-state index in [1.165, 1.54) is 5.56 Å². The highest BCUT2D eigenvalue weighted by atomic mass is 16.3. The zero-order valence-corrected chi connectivity index (χ0v) is 18.1. The van der Waals surface area contributed by atoms with Gasteiger partial charge in [-0.2, -0.15) is 0 Å². The molecule has 0 amide bonds. The average molecular weight is 411 g/mol. The predicted octanol–water partition coefficient (Wildman–Crippen LogP) is 5.54. The van der Waals surface area contributed by atoms with Crippen LogP contribution in [-0.2, 0) is 6.54 Å². The Balaban J connectivity index is 1.84. The molecule has 2 aromatic carbocycles. The van der Waals surface area contributed by atoms with Gasteiger partial charge < -0.3 is 9.67 Å². The SMILES string of the molecule is CCCC(O)c1cc2n(c(=O)c1C)Cc1c-2nc2ccc(C)cc2c1-c1ccccc1. The largest absolute Gasteiger partial charge is 0.388 e. The summed E-state index contributed by atoms with van der Waals surface area (Å²) in [5.41, 5.74) is 8.38. The maximum atomic E-state index is 13.3. The van der Waals surface area contributed by atoms with Gasteiger partial charge in [0.2, 0.25) is 0 Å². The molecule has 5 rings (SSSR count). The van der Waals surface area contributed by atoms with Crippen LogP contribution in [0.4, 0.5) is 0 Å². The molecule has 1 unspecified atom stereocenters. The van der Waals surface area contributed by atoms with Gasteiger partial charge in [-0.1, -0.05) is 55.3 Å². The molecule has 1 aliphatic rings. The van der Waals surface area contributed by atoms with E-state index in [0.717, 1.165) is 51.0 Å². The van der Waals surface area contributed by atoms with Crippen molar-refractivity contribution in [3.05, 3.63) is 87.2 Å². The molecule has 1 aliphatic heterocycles. The van der Waals surface area contributed by atoms with Crippen LogP contribution in [0.5, 0.6) is 0 Å². The number of aromatic nitrogens is 2. The summed E-state index contributed by atoms with van der Waals surface area (Å²) < 4.78 is 1.81. The standard InChI is InChI=1S/C27H26N2O2/c1-4-8-24(30)19-14-23-26-21(15-29(23)27(31)17(19)3)25(18-9-6-5-7-10-18)20-13-16(2)11-12-22(20)28-26/h5-7,9-14,24,30H,4,8,15H2,1-3H3. The van der Waals surface area contributed by atoms with Gasteiger partial charge in [-0.25, -0.2) is 4.98 Å². The summed E-state index contributed by atoms with van der Waals surface area (Å²) >= 11 is 0. The van der Waals surface area contributed by atoms with Crippen molar-refractivity contribution in [3.8, 4) is 22.5 Å². The minimum atomic E-state index is -0.635. The van der Waals surface area contributed by atoms with Gasteiger partial charge in [0.15, 0.2) is 0 Å². The lowest BCUT2D eigenvalue weighted by Crippen LogP contribution is -2.24. The Kier molecular flexibility index (Phi) is 4.75. The van der Waals surface area contributed by atoms with Gasteiger partial charge >= 0.3 is 0 Å². The molecular formula is C27H26N2O2. The lowest BCUT2D eigenvalue weighted by molar-refractivity contribution is 0.165. The number of benzene rings is 2. The third-order valence-electron chi connectivity index (χ3n) is 6.37. The van der Waals surface area contributed by atoms with Crippen LogP contribution >= 0.6 is 0 Å². The second-order valence-electron chi connectivity index (χ2n) is 8.51. The zero-order valence-electron chi connectivity index (χ0n) is 18.1. The van der Waals surface area contributed by atoms with Crippen molar-refractivity contribution >= 4 is 10.9 Å². The van der Waals surface area contributed by atoms with E-state index < -0.39 is 6.10 Å². The number of hydrogen-bond donors (Lipinski definition) is 1. The fourth-order valence-electron chi connectivity index (χ4n) is 4.77. The molecule has 0 radical (unpaired) electrons. The Morgan fingerprint density at radius 1 is 1.10 bits per heavy atom. The Labute approximate surface area is 181 Å². The van der Waals surface area contributed by atoms with Crippen molar-refractivity contribution in [1.29, 1.82) is 0 Å². The van der Waals surface area contributed by atoms with Crippen LogP contribution in [0.2, 0.25) is 0 Å². The Bertz CT molecular complexity index is 1370. The molecule has 4 heteroatoms. The first-order valence-corrected chi connectivity index (χ1v) is 10.9. The normalized spacial score (nSPS) is 13.3. The lowest BCUT2D eigenvalue weighted by Gasteiger charge is -2.15. The van der Waals surface area contributed by atoms with Crippen molar-refractivity contribution in [2.24, 2.45) is 0 Å². The third-order valence-corrected chi connectivity index (χ3v) is 6.37.